The first-order valence-corrected chi connectivity index (χ1v) is 10.5. The predicted molar refractivity (Wildman–Crippen MR) is 95.1 cm³/mol. The molecular weight excluding hydrogens is 402 g/mol. The van der Waals surface area contributed by atoms with Crippen molar-refractivity contribution in [1.29, 1.82) is 0 Å². The zero-order valence-corrected chi connectivity index (χ0v) is 15.2. The van der Waals surface area contributed by atoms with Crippen molar-refractivity contribution in [3.05, 3.63) is 52.5 Å². The molecule has 0 spiro atoms. The maximum Gasteiger partial charge on any atom is 0.416 e. The average Bonchev–Trinajstić information content (AvgIpc) is 2.97. The Morgan fingerprint density at radius 2 is 1.62 bits per heavy atom. The van der Waals surface area contributed by atoms with Crippen LogP contribution in [0.15, 0.2) is 46.9 Å². The molecule has 24 heavy (non-hydrogen) atoms. The fourth-order valence-electron chi connectivity index (χ4n) is 2.86. The summed E-state index contributed by atoms with van der Waals surface area (Å²) in [5, 5.41) is 3.94. The minimum atomic E-state index is -4.34. The van der Waals surface area contributed by atoms with Gasteiger partial charge < -0.3 is 9.88 Å². The van der Waals surface area contributed by atoms with Crippen LogP contribution in [0.2, 0.25) is 0 Å². The van der Waals surface area contributed by atoms with Gasteiger partial charge in [-0.3, -0.25) is 0 Å². The Kier molecular flexibility index (Phi) is 4.80. The van der Waals surface area contributed by atoms with Crippen molar-refractivity contribution < 1.29 is 17.7 Å². The zero-order chi connectivity index (χ0) is 17.4. The van der Waals surface area contributed by atoms with Gasteiger partial charge in [0.25, 0.3) is 0 Å². The second-order valence-corrected chi connectivity index (χ2v) is 9.95. The molecule has 1 aliphatic heterocycles. The van der Waals surface area contributed by atoms with Crippen molar-refractivity contribution in [3.8, 4) is 0 Å². The molecule has 1 fully saturated rings. The fraction of sp³-hybridized carbons (Fsp3) is 0.294. The van der Waals surface area contributed by atoms with Crippen molar-refractivity contribution in [1.82, 2.24) is 0 Å². The monoisotopic (exact) mass is 417 g/mol. The molecule has 0 unspecified atom stereocenters. The molecule has 1 heterocycles. The van der Waals surface area contributed by atoms with E-state index in [1.165, 1.54) is 12.1 Å². The molecule has 3 rings (SSSR count). The van der Waals surface area contributed by atoms with Crippen molar-refractivity contribution in [2.24, 2.45) is 0 Å². The Bertz CT molecular complexity index is 779. The summed E-state index contributed by atoms with van der Waals surface area (Å²) < 4.78 is 51.3. The van der Waals surface area contributed by atoms with E-state index < -0.39 is 18.9 Å². The standard InChI is InChI=1S/C17H16BrF3NOP/c18-15-11-14(24(23)9-1-2-10-24)7-8-16(15)22-13-5-3-12(4-6-13)17(19,20)21/h3-8,11,22H,1-2,9-10H2. The summed E-state index contributed by atoms with van der Waals surface area (Å²) in [5.74, 6) is 0. The SMILES string of the molecule is O=P1(c2ccc(Nc3ccc(C(F)(F)F)cc3)c(Br)c2)CCCC1. The van der Waals surface area contributed by atoms with Gasteiger partial charge in [-0.15, -0.1) is 0 Å². The van der Waals surface area contributed by atoms with Crippen LogP contribution in [0, 0.1) is 0 Å². The number of anilines is 2. The Hall–Kier alpha value is -1.26. The number of halogens is 4. The third-order valence-corrected chi connectivity index (χ3v) is 8.16. The summed E-state index contributed by atoms with van der Waals surface area (Å²) in [6, 6.07) is 10.4. The van der Waals surface area contributed by atoms with Gasteiger partial charge in [-0.2, -0.15) is 13.2 Å². The van der Waals surface area contributed by atoms with Crippen LogP contribution in [0.4, 0.5) is 24.5 Å². The molecule has 2 aromatic rings. The highest BCUT2D eigenvalue weighted by molar-refractivity contribution is 9.10. The molecule has 0 aliphatic carbocycles. The summed E-state index contributed by atoms with van der Waals surface area (Å²) in [7, 11) is -2.26. The number of hydrogen-bond acceptors (Lipinski definition) is 2. The lowest BCUT2D eigenvalue weighted by molar-refractivity contribution is -0.137. The molecule has 1 N–H and O–H groups in total. The molecule has 128 valence electrons. The van der Waals surface area contributed by atoms with Crippen LogP contribution in [0.1, 0.15) is 18.4 Å². The van der Waals surface area contributed by atoms with E-state index in [0.29, 0.717) is 5.69 Å². The Labute approximate surface area is 147 Å². The van der Waals surface area contributed by atoms with Crippen molar-refractivity contribution in [2.45, 2.75) is 19.0 Å². The highest BCUT2D eigenvalue weighted by Gasteiger charge is 2.30. The summed E-state index contributed by atoms with van der Waals surface area (Å²) in [6.07, 6.45) is -0.828. The molecule has 0 radical (unpaired) electrons. The minimum Gasteiger partial charge on any atom is -0.355 e. The van der Waals surface area contributed by atoms with Gasteiger partial charge in [-0.05, 0) is 71.2 Å². The molecule has 7 heteroatoms. The fourth-order valence-corrected chi connectivity index (χ4v) is 6.44. The van der Waals surface area contributed by atoms with E-state index in [1.54, 1.807) is 0 Å². The molecule has 0 atom stereocenters. The topological polar surface area (TPSA) is 29.1 Å². The number of benzene rings is 2. The lowest BCUT2D eigenvalue weighted by Crippen LogP contribution is -2.07. The first kappa shape index (κ1) is 17.6. The average molecular weight is 418 g/mol. The second-order valence-electron chi connectivity index (χ2n) is 5.91. The van der Waals surface area contributed by atoms with Gasteiger partial charge in [0.1, 0.15) is 7.14 Å². The summed E-state index contributed by atoms with van der Waals surface area (Å²) in [6.45, 7) is 0. The van der Waals surface area contributed by atoms with Crippen LogP contribution in [0.5, 0.6) is 0 Å². The number of hydrogen-bond donors (Lipinski definition) is 1. The summed E-state index contributed by atoms with van der Waals surface area (Å²) in [4.78, 5) is 0. The quantitative estimate of drug-likeness (QED) is 0.621. The molecule has 0 bridgehead atoms. The van der Waals surface area contributed by atoms with Gasteiger partial charge in [0.15, 0.2) is 0 Å². The minimum absolute atomic E-state index is 0.559. The van der Waals surface area contributed by atoms with Crippen LogP contribution in [0.3, 0.4) is 0 Å². The third-order valence-electron chi connectivity index (χ3n) is 4.20. The first-order chi connectivity index (χ1) is 11.3. The van der Waals surface area contributed by atoms with Crippen molar-refractivity contribution in [3.63, 3.8) is 0 Å². The van der Waals surface area contributed by atoms with Gasteiger partial charge in [0, 0.05) is 27.8 Å². The summed E-state index contributed by atoms with van der Waals surface area (Å²) in [5.41, 5.74) is 0.607. The molecular formula is C17H16BrF3NOP. The smallest absolute Gasteiger partial charge is 0.355 e. The van der Waals surface area contributed by atoms with Crippen molar-refractivity contribution in [2.75, 3.05) is 17.6 Å². The van der Waals surface area contributed by atoms with Gasteiger partial charge in [0.2, 0.25) is 0 Å². The summed E-state index contributed by atoms with van der Waals surface area (Å²) >= 11 is 3.46. The van der Waals surface area contributed by atoms with Crippen LogP contribution in [-0.2, 0) is 10.7 Å². The van der Waals surface area contributed by atoms with Gasteiger partial charge in [-0.1, -0.05) is 0 Å². The maximum absolute atomic E-state index is 12.8. The highest BCUT2D eigenvalue weighted by atomic mass is 79.9. The largest absolute Gasteiger partial charge is 0.416 e. The van der Waals surface area contributed by atoms with Crippen LogP contribution in [-0.4, -0.2) is 12.3 Å². The first-order valence-electron chi connectivity index (χ1n) is 7.60. The van der Waals surface area contributed by atoms with E-state index in [1.807, 2.05) is 18.2 Å². The Morgan fingerprint density at radius 1 is 1.00 bits per heavy atom. The molecule has 2 aromatic carbocycles. The van der Waals surface area contributed by atoms with E-state index in [2.05, 4.69) is 21.2 Å². The Balaban J connectivity index is 1.79. The van der Waals surface area contributed by atoms with E-state index in [9.17, 15) is 17.7 Å². The van der Waals surface area contributed by atoms with Gasteiger partial charge in [0.05, 0.1) is 11.3 Å². The maximum atomic E-state index is 12.8. The molecule has 1 aliphatic rings. The van der Waals surface area contributed by atoms with Crippen LogP contribution in [0.25, 0.3) is 0 Å². The van der Waals surface area contributed by atoms with Crippen LogP contribution < -0.4 is 10.6 Å². The normalized spacial score (nSPS) is 17.0. The van der Waals surface area contributed by atoms with E-state index >= 15 is 0 Å². The molecule has 0 aromatic heterocycles. The predicted octanol–water partition coefficient (Wildman–Crippen LogP) is 5.99. The lowest BCUT2D eigenvalue weighted by atomic mass is 10.2. The van der Waals surface area contributed by atoms with E-state index in [4.69, 9.17) is 0 Å². The molecule has 2 nitrogen and oxygen atoms in total. The van der Waals surface area contributed by atoms with Gasteiger partial charge >= 0.3 is 6.18 Å². The van der Waals surface area contributed by atoms with Crippen LogP contribution >= 0.6 is 23.1 Å². The highest BCUT2D eigenvalue weighted by Crippen LogP contribution is 2.51. The Morgan fingerprint density at radius 3 is 2.17 bits per heavy atom. The third kappa shape index (κ3) is 3.70. The zero-order valence-electron chi connectivity index (χ0n) is 12.7. The van der Waals surface area contributed by atoms with E-state index in [0.717, 1.165) is 52.8 Å². The lowest BCUT2D eigenvalue weighted by Gasteiger charge is -2.15. The van der Waals surface area contributed by atoms with E-state index in [-0.39, 0.29) is 0 Å². The molecule has 0 amide bonds. The number of alkyl halides is 3. The second kappa shape index (κ2) is 6.57. The number of rotatable bonds is 3. The molecule has 1 saturated heterocycles. The molecule has 0 saturated carbocycles. The van der Waals surface area contributed by atoms with Gasteiger partial charge in [-0.25, -0.2) is 0 Å². The van der Waals surface area contributed by atoms with Crippen molar-refractivity contribution >= 4 is 39.8 Å². The number of nitrogens with one attached hydrogen (secondary N) is 1.